The molecule has 1 amide bonds. The summed E-state index contributed by atoms with van der Waals surface area (Å²) in [5.41, 5.74) is 0.909. The third kappa shape index (κ3) is 5.14. The van der Waals surface area contributed by atoms with Crippen molar-refractivity contribution < 1.29 is 9.53 Å². The van der Waals surface area contributed by atoms with Gasteiger partial charge < -0.3 is 9.64 Å². The molecular formula is C14H15Cl2N3O2S. The fourth-order valence-corrected chi connectivity index (χ4v) is 2.83. The fraction of sp³-hybridized carbons (Fsp3) is 0.286. The van der Waals surface area contributed by atoms with Gasteiger partial charge in [0.1, 0.15) is 5.75 Å². The van der Waals surface area contributed by atoms with E-state index >= 15 is 0 Å². The lowest BCUT2D eigenvalue weighted by Crippen LogP contribution is -2.20. The molecule has 0 aliphatic heterocycles. The van der Waals surface area contributed by atoms with Crippen LogP contribution in [0.15, 0.2) is 23.6 Å². The zero-order valence-electron chi connectivity index (χ0n) is 12.1. The molecule has 2 rings (SSSR count). The molecule has 0 aliphatic rings. The van der Waals surface area contributed by atoms with E-state index in [1.165, 1.54) is 11.3 Å². The lowest BCUT2D eigenvalue weighted by atomic mass is 10.3. The Labute approximate surface area is 142 Å². The highest BCUT2D eigenvalue weighted by Crippen LogP contribution is 2.27. The molecule has 0 bridgehead atoms. The number of rotatable bonds is 6. The first-order chi connectivity index (χ1) is 10.4. The molecule has 0 radical (unpaired) electrons. The minimum Gasteiger partial charge on any atom is -0.482 e. The molecule has 1 heterocycles. The van der Waals surface area contributed by atoms with Gasteiger partial charge in [-0.1, -0.05) is 23.2 Å². The Morgan fingerprint density at radius 1 is 1.41 bits per heavy atom. The van der Waals surface area contributed by atoms with E-state index in [1.807, 2.05) is 24.4 Å². The van der Waals surface area contributed by atoms with Gasteiger partial charge in [0.05, 0.1) is 10.7 Å². The number of nitrogens with zero attached hydrogens (tertiary/aromatic N) is 2. The van der Waals surface area contributed by atoms with Gasteiger partial charge in [0.15, 0.2) is 11.7 Å². The van der Waals surface area contributed by atoms with Gasteiger partial charge in [-0.05, 0) is 32.3 Å². The molecule has 1 N–H and O–H groups in total. The van der Waals surface area contributed by atoms with Gasteiger partial charge in [-0.25, -0.2) is 4.98 Å². The summed E-state index contributed by atoms with van der Waals surface area (Å²) in [5.74, 6) is 0.116. The summed E-state index contributed by atoms with van der Waals surface area (Å²) in [6, 6.07) is 4.83. The molecule has 1 aromatic carbocycles. The van der Waals surface area contributed by atoms with Crippen molar-refractivity contribution in [2.24, 2.45) is 0 Å². The number of hydrogen-bond donors (Lipinski definition) is 1. The van der Waals surface area contributed by atoms with E-state index < -0.39 is 0 Å². The molecule has 0 fully saturated rings. The van der Waals surface area contributed by atoms with E-state index in [1.54, 1.807) is 18.2 Å². The van der Waals surface area contributed by atoms with Gasteiger partial charge >= 0.3 is 0 Å². The van der Waals surface area contributed by atoms with Gasteiger partial charge in [-0.15, -0.1) is 11.3 Å². The highest BCUT2D eigenvalue weighted by molar-refractivity contribution is 7.13. The molecule has 5 nitrogen and oxygen atoms in total. The van der Waals surface area contributed by atoms with Crippen LogP contribution in [0.4, 0.5) is 5.13 Å². The molecule has 0 aliphatic carbocycles. The first-order valence-electron chi connectivity index (χ1n) is 6.41. The number of hydrogen-bond acceptors (Lipinski definition) is 5. The van der Waals surface area contributed by atoms with Crippen molar-refractivity contribution in [1.82, 2.24) is 9.88 Å². The van der Waals surface area contributed by atoms with E-state index in [0.717, 1.165) is 12.2 Å². The highest BCUT2D eigenvalue weighted by Gasteiger charge is 2.09. The number of aromatic nitrogens is 1. The SMILES string of the molecule is CN(C)Cc1csc(NC(=O)COc2ccc(Cl)cc2Cl)n1. The summed E-state index contributed by atoms with van der Waals surface area (Å²) in [6.07, 6.45) is 0. The van der Waals surface area contributed by atoms with E-state index in [2.05, 4.69) is 10.3 Å². The fourth-order valence-electron chi connectivity index (χ4n) is 1.65. The molecule has 0 saturated carbocycles. The third-order valence-corrected chi connectivity index (χ3v) is 3.87. The number of benzene rings is 1. The van der Waals surface area contributed by atoms with Crippen LogP contribution in [-0.4, -0.2) is 36.5 Å². The Kier molecular flexibility index (Phi) is 6.02. The Morgan fingerprint density at radius 2 is 2.18 bits per heavy atom. The van der Waals surface area contributed by atoms with Gasteiger partial charge in [-0.2, -0.15) is 0 Å². The van der Waals surface area contributed by atoms with E-state index in [-0.39, 0.29) is 12.5 Å². The molecule has 0 atom stereocenters. The molecule has 0 unspecified atom stereocenters. The largest absolute Gasteiger partial charge is 0.482 e. The van der Waals surface area contributed by atoms with Crippen molar-refractivity contribution in [3.63, 3.8) is 0 Å². The lowest BCUT2D eigenvalue weighted by molar-refractivity contribution is -0.118. The smallest absolute Gasteiger partial charge is 0.264 e. The Bertz CT molecular complexity index is 661. The first kappa shape index (κ1) is 17.0. The summed E-state index contributed by atoms with van der Waals surface area (Å²) in [5, 5.41) is 6.03. The van der Waals surface area contributed by atoms with Crippen LogP contribution in [0.3, 0.4) is 0 Å². The Balaban J connectivity index is 1.86. The summed E-state index contributed by atoms with van der Waals surface area (Å²) in [4.78, 5) is 18.2. The van der Waals surface area contributed by atoms with Crippen LogP contribution < -0.4 is 10.1 Å². The maximum absolute atomic E-state index is 11.8. The summed E-state index contributed by atoms with van der Waals surface area (Å²) < 4.78 is 5.36. The summed E-state index contributed by atoms with van der Waals surface area (Å²) >= 11 is 13.1. The van der Waals surface area contributed by atoms with Crippen LogP contribution in [-0.2, 0) is 11.3 Å². The van der Waals surface area contributed by atoms with E-state index in [4.69, 9.17) is 27.9 Å². The molecule has 0 spiro atoms. The number of nitrogens with one attached hydrogen (secondary N) is 1. The van der Waals surface area contributed by atoms with Crippen molar-refractivity contribution >= 4 is 45.6 Å². The second kappa shape index (κ2) is 7.78. The average molecular weight is 360 g/mol. The van der Waals surface area contributed by atoms with Crippen LogP contribution in [0.5, 0.6) is 5.75 Å². The van der Waals surface area contributed by atoms with Crippen LogP contribution in [0.1, 0.15) is 5.69 Å². The third-order valence-electron chi connectivity index (χ3n) is 2.53. The van der Waals surface area contributed by atoms with Gasteiger partial charge in [0.2, 0.25) is 0 Å². The van der Waals surface area contributed by atoms with Crippen LogP contribution >= 0.6 is 34.5 Å². The minimum atomic E-state index is -0.295. The molecular weight excluding hydrogens is 345 g/mol. The van der Waals surface area contributed by atoms with Crippen LogP contribution in [0.2, 0.25) is 10.0 Å². The van der Waals surface area contributed by atoms with Gasteiger partial charge in [-0.3, -0.25) is 10.1 Å². The number of thiazole rings is 1. The predicted octanol–water partition coefficient (Wildman–Crippen LogP) is 3.53. The normalized spacial score (nSPS) is 10.8. The minimum absolute atomic E-state index is 0.149. The summed E-state index contributed by atoms with van der Waals surface area (Å²) in [7, 11) is 3.92. The maximum Gasteiger partial charge on any atom is 0.264 e. The Hall–Kier alpha value is -1.34. The zero-order chi connectivity index (χ0) is 16.1. The number of carbonyl (C=O) groups is 1. The van der Waals surface area contributed by atoms with Crippen molar-refractivity contribution in [3.05, 3.63) is 39.3 Å². The number of halogens is 2. The van der Waals surface area contributed by atoms with E-state index in [0.29, 0.717) is 20.9 Å². The lowest BCUT2D eigenvalue weighted by Gasteiger charge is -2.08. The second-order valence-electron chi connectivity index (χ2n) is 4.79. The quantitative estimate of drug-likeness (QED) is 0.856. The Morgan fingerprint density at radius 3 is 2.86 bits per heavy atom. The summed E-state index contributed by atoms with van der Waals surface area (Å²) in [6.45, 7) is 0.577. The predicted molar refractivity (Wildman–Crippen MR) is 90.1 cm³/mol. The van der Waals surface area contributed by atoms with Crippen molar-refractivity contribution in [2.75, 3.05) is 26.0 Å². The van der Waals surface area contributed by atoms with Crippen molar-refractivity contribution in [2.45, 2.75) is 6.54 Å². The molecule has 118 valence electrons. The monoisotopic (exact) mass is 359 g/mol. The molecule has 22 heavy (non-hydrogen) atoms. The standard InChI is InChI=1S/C14H15Cl2N3O2S/c1-19(2)6-10-8-22-14(17-10)18-13(20)7-21-12-4-3-9(15)5-11(12)16/h3-5,8H,6-7H2,1-2H3,(H,17,18,20). The van der Waals surface area contributed by atoms with Crippen LogP contribution in [0.25, 0.3) is 0 Å². The number of ether oxygens (including phenoxy) is 1. The number of amides is 1. The number of carbonyl (C=O) groups excluding carboxylic acids is 1. The van der Waals surface area contributed by atoms with Gasteiger partial charge in [0.25, 0.3) is 5.91 Å². The van der Waals surface area contributed by atoms with Crippen molar-refractivity contribution in [3.8, 4) is 5.75 Å². The number of anilines is 1. The maximum atomic E-state index is 11.8. The topological polar surface area (TPSA) is 54.5 Å². The highest BCUT2D eigenvalue weighted by atomic mass is 35.5. The van der Waals surface area contributed by atoms with Crippen molar-refractivity contribution in [1.29, 1.82) is 0 Å². The molecule has 8 heteroatoms. The molecule has 0 saturated heterocycles. The van der Waals surface area contributed by atoms with Gasteiger partial charge in [0, 0.05) is 16.9 Å². The first-order valence-corrected chi connectivity index (χ1v) is 8.04. The average Bonchev–Trinajstić information content (AvgIpc) is 2.84. The zero-order valence-corrected chi connectivity index (χ0v) is 14.4. The molecule has 1 aromatic heterocycles. The van der Waals surface area contributed by atoms with E-state index in [9.17, 15) is 4.79 Å². The van der Waals surface area contributed by atoms with Crippen LogP contribution in [0, 0.1) is 0 Å². The second-order valence-corrected chi connectivity index (χ2v) is 6.50. The molecule has 2 aromatic rings.